The lowest BCUT2D eigenvalue weighted by molar-refractivity contribution is -0.137. The van der Waals surface area contributed by atoms with Gasteiger partial charge in [0.25, 0.3) is 0 Å². The largest absolute Gasteiger partial charge is 0.416 e. The SMILES string of the molecule is OC(Cl)c1sc2cc(C(F)(F)F)ccc2c1Cl. The smallest absolute Gasteiger partial charge is 0.373 e. The summed E-state index contributed by atoms with van der Waals surface area (Å²) in [6.07, 6.45) is -4.40. The van der Waals surface area contributed by atoms with Crippen molar-refractivity contribution >= 4 is 44.6 Å². The molecule has 2 rings (SSSR count). The molecular formula is C10H5Cl2F3OS. The zero-order chi connectivity index (χ0) is 12.8. The van der Waals surface area contributed by atoms with Crippen LogP contribution in [0.25, 0.3) is 10.1 Å². The molecule has 92 valence electrons. The van der Waals surface area contributed by atoms with Crippen LogP contribution in [0.2, 0.25) is 5.02 Å². The van der Waals surface area contributed by atoms with Gasteiger partial charge >= 0.3 is 6.18 Å². The van der Waals surface area contributed by atoms with Crippen LogP contribution in [-0.4, -0.2) is 5.11 Å². The molecule has 1 atom stereocenters. The van der Waals surface area contributed by atoms with Crippen LogP contribution in [0.15, 0.2) is 18.2 Å². The third kappa shape index (κ3) is 2.38. The molecule has 0 saturated carbocycles. The van der Waals surface area contributed by atoms with Crippen molar-refractivity contribution in [2.45, 2.75) is 11.7 Å². The number of fused-ring (bicyclic) bond motifs is 1. The van der Waals surface area contributed by atoms with Gasteiger partial charge in [-0.25, -0.2) is 0 Å². The zero-order valence-corrected chi connectivity index (χ0v) is 10.4. The minimum Gasteiger partial charge on any atom is -0.373 e. The molecule has 1 nitrogen and oxygen atoms in total. The standard InChI is InChI=1S/C10H5Cl2F3OS/c11-7-5-2-1-4(10(13,14)15)3-6(5)17-8(7)9(12)16/h1-3,9,16H. The van der Waals surface area contributed by atoms with Crippen LogP contribution in [0.3, 0.4) is 0 Å². The predicted octanol–water partition coefficient (Wildman–Crippen LogP) is 4.80. The fourth-order valence-corrected chi connectivity index (χ4v) is 3.15. The molecule has 1 N–H and O–H groups in total. The Balaban J connectivity index is 2.64. The molecule has 0 aliphatic carbocycles. The first-order valence-electron chi connectivity index (χ1n) is 4.42. The van der Waals surface area contributed by atoms with Gasteiger partial charge in [0.2, 0.25) is 0 Å². The van der Waals surface area contributed by atoms with E-state index in [1.807, 2.05) is 0 Å². The van der Waals surface area contributed by atoms with E-state index < -0.39 is 17.3 Å². The van der Waals surface area contributed by atoms with Crippen molar-refractivity contribution in [3.05, 3.63) is 33.7 Å². The number of benzene rings is 1. The number of aliphatic hydroxyl groups excluding tert-OH is 1. The second-order valence-corrected chi connectivity index (χ2v) is 5.20. The third-order valence-corrected chi connectivity index (χ3v) is 4.27. The molecule has 2 aromatic rings. The molecule has 1 heterocycles. The van der Waals surface area contributed by atoms with E-state index in [2.05, 4.69) is 0 Å². The molecule has 0 amide bonds. The van der Waals surface area contributed by atoms with E-state index >= 15 is 0 Å². The maximum Gasteiger partial charge on any atom is 0.416 e. The summed E-state index contributed by atoms with van der Waals surface area (Å²) in [5, 5.41) is 9.86. The van der Waals surface area contributed by atoms with Gasteiger partial charge in [-0.2, -0.15) is 13.2 Å². The molecule has 1 aromatic carbocycles. The van der Waals surface area contributed by atoms with Crippen molar-refractivity contribution in [3.63, 3.8) is 0 Å². The Morgan fingerprint density at radius 2 is 1.94 bits per heavy atom. The van der Waals surface area contributed by atoms with Crippen LogP contribution < -0.4 is 0 Å². The van der Waals surface area contributed by atoms with Gasteiger partial charge in [0.15, 0.2) is 5.56 Å². The van der Waals surface area contributed by atoms with E-state index in [9.17, 15) is 18.3 Å². The van der Waals surface area contributed by atoms with Gasteiger partial charge in [-0.15, -0.1) is 11.3 Å². The van der Waals surface area contributed by atoms with Crippen LogP contribution >= 0.6 is 34.5 Å². The second-order valence-electron chi connectivity index (χ2n) is 3.32. The average Bonchev–Trinajstić information content (AvgIpc) is 2.54. The van der Waals surface area contributed by atoms with Gasteiger partial charge < -0.3 is 5.11 Å². The maximum absolute atomic E-state index is 12.5. The fraction of sp³-hybridized carbons (Fsp3) is 0.200. The highest BCUT2D eigenvalue weighted by atomic mass is 35.5. The summed E-state index contributed by atoms with van der Waals surface area (Å²) in [6, 6.07) is 3.22. The van der Waals surface area contributed by atoms with Crippen LogP contribution in [0.1, 0.15) is 16.0 Å². The van der Waals surface area contributed by atoms with Gasteiger partial charge in [-0.05, 0) is 12.1 Å². The summed E-state index contributed by atoms with van der Waals surface area (Å²) in [6.45, 7) is 0. The number of alkyl halides is 4. The first-order chi connectivity index (χ1) is 7.80. The fourth-order valence-electron chi connectivity index (χ4n) is 1.41. The summed E-state index contributed by atoms with van der Waals surface area (Å²) in [5.74, 6) is 0. The van der Waals surface area contributed by atoms with Crippen LogP contribution in [0.4, 0.5) is 13.2 Å². The lowest BCUT2D eigenvalue weighted by atomic mass is 10.1. The molecular weight excluding hydrogens is 296 g/mol. The number of halogens is 5. The molecule has 0 fully saturated rings. The highest BCUT2D eigenvalue weighted by Gasteiger charge is 2.31. The van der Waals surface area contributed by atoms with E-state index in [4.69, 9.17) is 23.2 Å². The van der Waals surface area contributed by atoms with Crippen LogP contribution in [0.5, 0.6) is 0 Å². The first-order valence-corrected chi connectivity index (χ1v) is 6.05. The van der Waals surface area contributed by atoms with Crippen molar-refractivity contribution in [2.24, 2.45) is 0 Å². The lowest BCUT2D eigenvalue weighted by Crippen LogP contribution is -2.03. The topological polar surface area (TPSA) is 20.2 Å². The summed E-state index contributed by atoms with van der Waals surface area (Å²) in [5.41, 5.74) is -2.06. The monoisotopic (exact) mass is 300 g/mol. The summed E-state index contributed by atoms with van der Waals surface area (Å²) in [7, 11) is 0. The number of thiophene rings is 1. The molecule has 0 spiro atoms. The molecule has 1 aromatic heterocycles. The minimum absolute atomic E-state index is 0.196. The molecule has 0 radical (unpaired) electrons. The second kappa shape index (κ2) is 4.31. The van der Waals surface area contributed by atoms with Gasteiger partial charge in [0.05, 0.1) is 15.5 Å². The molecule has 1 unspecified atom stereocenters. The Morgan fingerprint density at radius 3 is 2.47 bits per heavy atom. The molecule has 0 aliphatic rings. The van der Waals surface area contributed by atoms with E-state index in [0.717, 1.165) is 23.5 Å². The van der Waals surface area contributed by atoms with Gasteiger partial charge in [0.1, 0.15) is 0 Å². The molecule has 17 heavy (non-hydrogen) atoms. The summed E-state index contributed by atoms with van der Waals surface area (Å²) >= 11 is 12.3. The Labute approximate surface area is 108 Å². The normalized spacial score (nSPS) is 14.2. The van der Waals surface area contributed by atoms with Crippen molar-refractivity contribution in [1.29, 1.82) is 0 Å². The summed E-state index contributed by atoms with van der Waals surface area (Å²) in [4.78, 5) is 0.252. The van der Waals surface area contributed by atoms with E-state index in [1.54, 1.807) is 0 Å². The van der Waals surface area contributed by atoms with Crippen molar-refractivity contribution < 1.29 is 18.3 Å². The van der Waals surface area contributed by atoms with Crippen molar-refractivity contribution in [1.82, 2.24) is 0 Å². The predicted molar refractivity (Wildman–Crippen MR) is 62.6 cm³/mol. The maximum atomic E-state index is 12.5. The average molecular weight is 301 g/mol. The lowest BCUT2D eigenvalue weighted by Gasteiger charge is -2.05. The Bertz CT molecular complexity index is 562. The number of aliphatic hydroxyl groups is 1. The highest BCUT2D eigenvalue weighted by Crippen LogP contribution is 2.42. The van der Waals surface area contributed by atoms with E-state index in [0.29, 0.717) is 10.1 Å². The number of hydrogen-bond donors (Lipinski definition) is 1. The van der Waals surface area contributed by atoms with Crippen molar-refractivity contribution in [2.75, 3.05) is 0 Å². The first kappa shape index (κ1) is 13.0. The molecule has 0 saturated heterocycles. The van der Waals surface area contributed by atoms with E-state index in [1.165, 1.54) is 6.07 Å². The highest BCUT2D eigenvalue weighted by molar-refractivity contribution is 7.20. The number of rotatable bonds is 1. The minimum atomic E-state index is -4.40. The van der Waals surface area contributed by atoms with Crippen molar-refractivity contribution in [3.8, 4) is 0 Å². The third-order valence-electron chi connectivity index (χ3n) is 2.20. The Hall–Kier alpha value is -0.490. The zero-order valence-electron chi connectivity index (χ0n) is 8.05. The Morgan fingerprint density at radius 1 is 1.29 bits per heavy atom. The van der Waals surface area contributed by atoms with Gasteiger partial charge in [0, 0.05) is 10.1 Å². The van der Waals surface area contributed by atoms with Crippen LogP contribution in [-0.2, 0) is 6.18 Å². The molecule has 0 bridgehead atoms. The molecule has 7 heteroatoms. The van der Waals surface area contributed by atoms with Gasteiger partial charge in [-0.1, -0.05) is 29.3 Å². The quantitative estimate of drug-likeness (QED) is 0.750. The van der Waals surface area contributed by atoms with Gasteiger partial charge in [-0.3, -0.25) is 0 Å². The Kier molecular flexibility index (Phi) is 3.29. The molecule has 0 aliphatic heterocycles. The van der Waals surface area contributed by atoms with Crippen LogP contribution in [0, 0.1) is 0 Å². The number of hydrogen-bond acceptors (Lipinski definition) is 2. The summed E-state index contributed by atoms with van der Waals surface area (Å²) < 4.78 is 37.8. The van der Waals surface area contributed by atoms with E-state index in [-0.39, 0.29) is 9.90 Å².